The molecule has 1 saturated heterocycles. The van der Waals surface area contributed by atoms with Crippen LogP contribution in [-0.2, 0) is 96.9 Å². The number of ether oxygens (including phenoxy) is 15. The number of nitrogens with zero attached hydrogens (tertiary/aromatic N) is 1. The van der Waals surface area contributed by atoms with Gasteiger partial charge in [-0.3, -0.25) is 24.1 Å². The van der Waals surface area contributed by atoms with Crippen molar-refractivity contribution in [1.29, 1.82) is 0 Å². The summed E-state index contributed by atoms with van der Waals surface area (Å²) >= 11 is 0. The number of carbonyl (C=O) groups is 6. The number of carbonyl (C=O) groups excluding carboxylic acids is 5. The maximum atomic E-state index is 13.2. The highest BCUT2D eigenvalue weighted by Crippen LogP contribution is 2.31. The zero-order chi connectivity index (χ0) is 63.2. The largest absolute Gasteiger partial charge is 0.479 e. The number of aliphatic hydroxyl groups is 3. The number of likely N-dealkylation sites (N-methyl/N-ethyl adjacent to an activating group) is 1. The third-order valence-electron chi connectivity index (χ3n) is 12.2. The summed E-state index contributed by atoms with van der Waals surface area (Å²) in [5.41, 5.74) is 11.8. The summed E-state index contributed by atoms with van der Waals surface area (Å²) in [6.07, 6.45) is -9.32. The van der Waals surface area contributed by atoms with E-state index in [1.807, 2.05) is 0 Å². The third-order valence-corrected chi connectivity index (χ3v) is 12.2. The number of methoxy groups -OCH3 is 1. The predicted octanol–water partition coefficient (Wildman–Crippen LogP) is -1.69. The molecular formula is C55H96N6O25. The second kappa shape index (κ2) is 48.9. The van der Waals surface area contributed by atoms with Gasteiger partial charge in [0.15, 0.2) is 6.10 Å². The first-order valence-corrected chi connectivity index (χ1v) is 28.8. The van der Waals surface area contributed by atoms with E-state index in [0.29, 0.717) is 177 Å². The van der Waals surface area contributed by atoms with Crippen molar-refractivity contribution in [2.45, 2.75) is 95.3 Å². The van der Waals surface area contributed by atoms with Crippen molar-refractivity contribution in [3.8, 4) is 5.75 Å². The minimum atomic E-state index is -1.99. The molecule has 0 spiro atoms. The van der Waals surface area contributed by atoms with Gasteiger partial charge in [0, 0.05) is 40.1 Å². The number of benzene rings is 1. The Morgan fingerprint density at radius 3 is 1.51 bits per heavy atom. The van der Waals surface area contributed by atoms with Crippen LogP contribution in [0.5, 0.6) is 5.75 Å². The van der Waals surface area contributed by atoms with Gasteiger partial charge in [-0.05, 0) is 42.9 Å². The van der Waals surface area contributed by atoms with Gasteiger partial charge in [0.05, 0.1) is 164 Å². The second-order valence-electron chi connectivity index (χ2n) is 19.5. The van der Waals surface area contributed by atoms with Crippen molar-refractivity contribution < 1.29 is 120 Å². The number of primary amides is 1. The van der Waals surface area contributed by atoms with Gasteiger partial charge < -0.3 is 119 Å². The van der Waals surface area contributed by atoms with Crippen LogP contribution in [0.25, 0.3) is 0 Å². The van der Waals surface area contributed by atoms with E-state index in [2.05, 4.69) is 16.0 Å². The Kier molecular flexibility index (Phi) is 43.8. The molecule has 496 valence electrons. The van der Waals surface area contributed by atoms with Crippen molar-refractivity contribution in [1.82, 2.24) is 15.5 Å². The molecule has 2 rings (SSSR count). The zero-order valence-electron chi connectivity index (χ0n) is 50.2. The number of anilines is 1. The van der Waals surface area contributed by atoms with Crippen LogP contribution in [0.15, 0.2) is 18.2 Å². The van der Waals surface area contributed by atoms with Gasteiger partial charge in [-0.2, -0.15) is 0 Å². The third kappa shape index (κ3) is 35.7. The van der Waals surface area contributed by atoms with Crippen molar-refractivity contribution in [2.24, 2.45) is 17.4 Å². The second-order valence-corrected chi connectivity index (χ2v) is 19.5. The molecule has 11 N–H and O–H groups in total. The van der Waals surface area contributed by atoms with E-state index in [9.17, 15) is 49.2 Å². The molecule has 0 unspecified atom stereocenters. The molecule has 1 aromatic carbocycles. The lowest BCUT2D eigenvalue weighted by Gasteiger charge is -2.38. The van der Waals surface area contributed by atoms with Crippen LogP contribution in [0.2, 0.25) is 0 Å². The molecule has 31 nitrogen and oxygen atoms in total. The lowest BCUT2D eigenvalue weighted by Crippen LogP contribution is -2.61. The molecule has 0 saturated carbocycles. The number of carboxylic acids is 1. The van der Waals surface area contributed by atoms with E-state index >= 15 is 0 Å². The molecular weight excluding hydrogens is 1140 g/mol. The Balaban J connectivity index is 1.48. The fourth-order valence-electron chi connectivity index (χ4n) is 7.66. The van der Waals surface area contributed by atoms with Gasteiger partial charge in [0.2, 0.25) is 29.9 Å². The van der Waals surface area contributed by atoms with Gasteiger partial charge in [-0.1, -0.05) is 19.9 Å². The average Bonchev–Trinajstić information content (AvgIpc) is 2.55. The number of nitrogens with two attached hydrogens (primary N) is 2. The standard InChI is InChI=1S/C55H96N6O25/c1-39(2)46(51(57)67)61(3)55(71)84-38-40-8-9-43(85-54-49(66)47(64)48(65)50(86-54)53(69)70)42(37-40)60-45(63)10-13-59-52(68)41(56)7-5-6-12-58-44(62)11-14-73-17-18-75-21-22-77-25-26-79-29-30-81-33-34-83-36-35-82-32-31-80-28-27-78-24-23-76-20-19-74-16-15-72-4/h8-9,37,39,41,46-50,54,64-66H,5-7,10-36,38,56H2,1-4H3,(H2,57,67)(H,58,62)(H,59,68)(H,60,63)(H,69,70)/t41-,46-,47-,48-,49+,50-,54+/m0/s1. The highest BCUT2D eigenvalue weighted by Gasteiger charge is 2.48. The number of nitrogens with one attached hydrogen (secondary N) is 3. The monoisotopic (exact) mass is 1240 g/mol. The zero-order valence-corrected chi connectivity index (χ0v) is 50.2. The lowest BCUT2D eigenvalue weighted by molar-refractivity contribution is -0.271. The number of amides is 5. The maximum absolute atomic E-state index is 13.2. The van der Waals surface area contributed by atoms with Crippen LogP contribution in [0.3, 0.4) is 0 Å². The number of carboxylic acid groups (broad SMARTS) is 1. The van der Waals surface area contributed by atoms with E-state index < -0.39 is 72.6 Å². The Morgan fingerprint density at radius 2 is 1.07 bits per heavy atom. The Morgan fingerprint density at radius 1 is 0.605 bits per heavy atom. The fourth-order valence-corrected chi connectivity index (χ4v) is 7.66. The maximum Gasteiger partial charge on any atom is 0.410 e. The van der Waals surface area contributed by atoms with Gasteiger partial charge in [0.25, 0.3) is 0 Å². The Labute approximate surface area is 502 Å². The van der Waals surface area contributed by atoms with Crippen molar-refractivity contribution >= 4 is 41.4 Å². The summed E-state index contributed by atoms with van der Waals surface area (Å²) in [6.45, 7) is 13.5. The highest BCUT2D eigenvalue weighted by molar-refractivity contribution is 5.93. The van der Waals surface area contributed by atoms with Crippen molar-refractivity contribution in [3.05, 3.63) is 23.8 Å². The van der Waals surface area contributed by atoms with Crippen LogP contribution < -0.4 is 32.2 Å². The number of rotatable bonds is 54. The number of hydrogen-bond acceptors (Lipinski definition) is 25. The summed E-state index contributed by atoms with van der Waals surface area (Å²) in [6, 6.07) is 2.17. The van der Waals surface area contributed by atoms with Crippen molar-refractivity contribution in [2.75, 3.05) is 185 Å². The smallest absolute Gasteiger partial charge is 0.410 e. The minimum Gasteiger partial charge on any atom is -0.479 e. The molecule has 0 radical (unpaired) electrons. The number of unbranched alkanes of at least 4 members (excludes halogenated alkanes) is 1. The van der Waals surface area contributed by atoms with E-state index in [1.165, 1.54) is 25.2 Å². The molecule has 5 amide bonds. The van der Waals surface area contributed by atoms with E-state index in [4.69, 9.17) is 82.5 Å². The predicted molar refractivity (Wildman–Crippen MR) is 304 cm³/mol. The van der Waals surface area contributed by atoms with Crippen molar-refractivity contribution in [3.63, 3.8) is 0 Å². The molecule has 0 aliphatic carbocycles. The molecule has 1 aliphatic heterocycles. The quantitative estimate of drug-likeness (QED) is 0.0329. The molecule has 1 aliphatic rings. The molecule has 31 heteroatoms. The van der Waals surface area contributed by atoms with Crippen LogP contribution in [0, 0.1) is 5.92 Å². The minimum absolute atomic E-state index is 0.0763. The molecule has 86 heavy (non-hydrogen) atoms. The molecule has 1 aromatic rings. The van der Waals surface area contributed by atoms with Crippen LogP contribution in [-0.4, -0.2) is 283 Å². The van der Waals surface area contributed by atoms with Gasteiger partial charge in [0.1, 0.15) is 36.7 Å². The summed E-state index contributed by atoms with van der Waals surface area (Å²) in [5, 5.41) is 48.4. The summed E-state index contributed by atoms with van der Waals surface area (Å²) < 4.78 is 81.3. The fraction of sp³-hybridized carbons (Fsp3) is 0.782. The van der Waals surface area contributed by atoms with Gasteiger partial charge in [-0.15, -0.1) is 0 Å². The van der Waals surface area contributed by atoms with Gasteiger partial charge in [-0.25, -0.2) is 9.59 Å². The van der Waals surface area contributed by atoms with Crippen LogP contribution in [0.1, 0.15) is 51.5 Å². The average molecular weight is 1240 g/mol. The number of aliphatic hydroxyl groups excluding tert-OH is 3. The Bertz CT molecular complexity index is 2000. The van der Waals surface area contributed by atoms with E-state index in [1.54, 1.807) is 21.0 Å². The SMILES string of the molecule is COCCOCCOCCOCCOCCOCCOCCOCCOCCOCCOCCOCCC(=O)NCCCC[C@H](N)C(=O)NCCC(=O)Nc1cc(COC(=O)N(C)[C@H](C(N)=O)C(C)C)ccc1O[C@@H]1O[C@H](C(=O)O)[C@@H](O)[C@H](O)[C@H]1O. The molecule has 7 atom stereocenters. The normalized spacial score (nSPS) is 17.4. The van der Waals surface area contributed by atoms with Crippen LogP contribution >= 0.6 is 0 Å². The lowest BCUT2D eigenvalue weighted by atomic mass is 9.99. The Hall–Kier alpha value is -5.04. The first kappa shape index (κ1) is 77.1. The summed E-state index contributed by atoms with van der Waals surface area (Å²) in [7, 11) is 2.98. The summed E-state index contributed by atoms with van der Waals surface area (Å²) in [4.78, 5) is 75.7. The van der Waals surface area contributed by atoms with Crippen LogP contribution in [0.4, 0.5) is 10.5 Å². The van der Waals surface area contributed by atoms with Gasteiger partial charge >= 0.3 is 12.1 Å². The number of aliphatic carboxylic acids is 1. The molecule has 0 aromatic heterocycles. The first-order chi connectivity index (χ1) is 41.5. The first-order valence-electron chi connectivity index (χ1n) is 28.8. The molecule has 1 fully saturated rings. The highest BCUT2D eigenvalue weighted by atomic mass is 16.7. The van der Waals surface area contributed by atoms with E-state index in [-0.39, 0.29) is 55.9 Å². The topological polar surface area (TPSA) is 413 Å². The molecule has 1 heterocycles. The van der Waals surface area contributed by atoms with E-state index in [0.717, 1.165) is 4.90 Å². The summed E-state index contributed by atoms with van der Waals surface area (Å²) in [5.74, 6) is -4.25. The number of hydrogen-bond donors (Lipinski definition) is 9. The molecule has 0 bridgehead atoms.